The fourth-order valence-electron chi connectivity index (χ4n) is 0.725. The van der Waals surface area contributed by atoms with E-state index in [9.17, 15) is 4.79 Å². The highest BCUT2D eigenvalue weighted by atomic mass is 16.5. The zero-order chi connectivity index (χ0) is 9.68. The summed E-state index contributed by atoms with van der Waals surface area (Å²) < 4.78 is 4.55. The van der Waals surface area contributed by atoms with Gasteiger partial charge in [-0.25, -0.2) is 0 Å². The Labute approximate surface area is 76.6 Å². The number of carbonyl (C=O) groups excluding carboxylic acids is 1. The van der Waals surface area contributed by atoms with Crippen LogP contribution in [-0.4, -0.2) is 11.1 Å². The number of nitrogens with one attached hydrogen (secondary N) is 1. The van der Waals surface area contributed by atoms with Crippen LogP contribution < -0.4 is 5.32 Å². The molecule has 1 heterocycles. The van der Waals surface area contributed by atoms with Crippen LogP contribution >= 0.6 is 0 Å². The molecule has 0 aliphatic heterocycles. The Balaban J connectivity index is 2.43. The lowest BCUT2D eigenvalue weighted by atomic mass is 10.2. The van der Waals surface area contributed by atoms with Gasteiger partial charge in [-0.1, -0.05) is 25.1 Å². The molecule has 0 fully saturated rings. The van der Waals surface area contributed by atoms with Crippen molar-refractivity contribution in [2.75, 3.05) is 5.32 Å². The van der Waals surface area contributed by atoms with Crippen LogP contribution in [0.25, 0.3) is 0 Å². The first-order valence-electron chi connectivity index (χ1n) is 4.08. The van der Waals surface area contributed by atoms with Crippen molar-refractivity contribution in [2.24, 2.45) is 5.92 Å². The van der Waals surface area contributed by atoms with Gasteiger partial charge in [-0.2, -0.15) is 0 Å². The third-order valence-corrected chi connectivity index (χ3v) is 1.32. The fraction of sp³-hybridized carbons (Fsp3) is 0.333. The number of aromatic nitrogens is 1. The number of allylic oxidation sites excluding steroid dienone is 1. The van der Waals surface area contributed by atoms with E-state index in [0.717, 1.165) is 0 Å². The predicted molar refractivity (Wildman–Crippen MR) is 49.1 cm³/mol. The van der Waals surface area contributed by atoms with E-state index in [1.54, 1.807) is 6.07 Å². The maximum atomic E-state index is 11.1. The van der Waals surface area contributed by atoms with E-state index in [2.05, 4.69) is 15.0 Å². The quantitative estimate of drug-likeness (QED) is 0.722. The van der Waals surface area contributed by atoms with Crippen molar-refractivity contribution >= 4 is 11.7 Å². The molecule has 0 saturated heterocycles. The van der Waals surface area contributed by atoms with Gasteiger partial charge in [0, 0.05) is 6.07 Å². The Morgan fingerprint density at radius 3 is 3.00 bits per heavy atom. The first-order valence-corrected chi connectivity index (χ1v) is 4.08. The second-order valence-corrected chi connectivity index (χ2v) is 2.98. The van der Waals surface area contributed by atoms with Crippen molar-refractivity contribution in [1.29, 1.82) is 0 Å². The molecule has 1 aromatic rings. The highest BCUT2D eigenvalue weighted by molar-refractivity contribution is 5.98. The minimum absolute atomic E-state index is 0.192. The van der Waals surface area contributed by atoms with Gasteiger partial charge in [0.05, 0.1) is 0 Å². The molecule has 0 aliphatic carbocycles. The van der Waals surface area contributed by atoms with Gasteiger partial charge in [0.1, 0.15) is 6.26 Å². The van der Waals surface area contributed by atoms with Crippen LogP contribution in [0.4, 0.5) is 5.82 Å². The van der Waals surface area contributed by atoms with Gasteiger partial charge in [0.25, 0.3) is 0 Å². The molecule has 70 valence electrons. The maximum Gasteiger partial charge on any atom is 0.249 e. The van der Waals surface area contributed by atoms with Crippen LogP contribution in [0.3, 0.4) is 0 Å². The number of nitrogens with zero attached hydrogens (tertiary/aromatic N) is 1. The molecular weight excluding hydrogens is 168 g/mol. The van der Waals surface area contributed by atoms with Gasteiger partial charge in [0.15, 0.2) is 5.82 Å². The first kappa shape index (κ1) is 9.51. The summed E-state index contributed by atoms with van der Waals surface area (Å²) in [6, 6.07) is 1.58. The van der Waals surface area contributed by atoms with E-state index < -0.39 is 0 Å². The van der Waals surface area contributed by atoms with Gasteiger partial charge < -0.3 is 9.84 Å². The Morgan fingerprint density at radius 2 is 2.46 bits per heavy atom. The zero-order valence-corrected chi connectivity index (χ0v) is 7.65. The Bertz CT molecular complexity index is 289. The fourth-order valence-corrected chi connectivity index (χ4v) is 0.725. The van der Waals surface area contributed by atoms with E-state index in [-0.39, 0.29) is 5.91 Å². The van der Waals surface area contributed by atoms with E-state index in [0.29, 0.717) is 11.7 Å². The van der Waals surface area contributed by atoms with Crippen molar-refractivity contribution in [2.45, 2.75) is 13.8 Å². The lowest BCUT2D eigenvalue weighted by Gasteiger charge is -1.95. The second kappa shape index (κ2) is 4.45. The average molecular weight is 180 g/mol. The number of hydrogen-bond donors (Lipinski definition) is 1. The molecular formula is C9H12N2O2. The van der Waals surface area contributed by atoms with E-state index in [1.807, 2.05) is 19.9 Å². The summed E-state index contributed by atoms with van der Waals surface area (Å²) in [4.78, 5) is 11.1. The second-order valence-electron chi connectivity index (χ2n) is 2.98. The molecule has 13 heavy (non-hydrogen) atoms. The van der Waals surface area contributed by atoms with Gasteiger partial charge in [-0.15, -0.1) is 0 Å². The standard InChI is InChI=1S/C9H12N2O2/c1-7(2)3-4-9(12)10-8-5-6-13-11-8/h3-7H,1-2H3,(H,10,11,12)/b4-3+. The Kier molecular flexibility index (Phi) is 3.25. The predicted octanol–water partition coefficient (Wildman–Crippen LogP) is 1.83. The Morgan fingerprint density at radius 1 is 1.69 bits per heavy atom. The lowest BCUT2D eigenvalue weighted by Crippen LogP contribution is -2.08. The van der Waals surface area contributed by atoms with Crippen molar-refractivity contribution in [3.8, 4) is 0 Å². The minimum atomic E-state index is -0.192. The molecule has 0 bridgehead atoms. The third kappa shape index (κ3) is 3.55. The molecule has 4 nitrogen and oxygen atoms in total. The van der Waals surface area contributed by atoms with Crippen LogP contribution in [0.1, 0.15) is 13.8 Å². The van der Waals surface area contributed by atoms with Crippen molar-refractivity contribution < 1.29 is 9.32 Å². The van der Waals surface area contributed by atoms with Gasteiger partial charge in [-0.3, -0.25) is 4.79 Å². The third-order valence-electron chi connectivity index (χ3n) is 1.32. The van der Waals surface area contributed by atoms with Crippen molar-refractivity contribution in [3.63, 3.8) is 0 Å². The molecule has 0 unspecified atom stereocenters. The number of anilines is 1. The van der Waals surface area contributed by atoms with Gasteiger partial charge >= 0.3 is 0 Å². The molecule has 4 heteroatoms. The molecule has 1 aromatic heterocycles. The monoisotopic (exact) mass is 180 g/mol. The zero-order valence-electron chi connectivity index (χ0n) is 7.65. The largest absolute Gasteiger partial charge is 0.363 e. The van der Waals surface area contributed by atoms with Crippen molar-refractivity contribution in [1.82, 2.24) is 5.16 Å². The lowest BCUT2D eigenvalue weighted by molar-refractivity contribution is -0.112. The molecule has 0 aromatic carbocycles. The van der Waals surface area contributed by atoms with Gasteiger partial charge in [0.2, 0.25) is 5.91 Å². The molecule has 0 aliphatic rings. The normalized spacial score (nSPS) is 11.0. The summed E-state index contributed by atoms with van der Waals surface area (Å²) in [5, 5.41) is 6.09. The summed E-state index contributed by atoms with van der Waals surface area (Å²) in [7, 11) is 0. The van der Waals surface area contributed by atoms with Crippen molar-refractivity contribution in [3.05, 3.63) is 24.5 Å². The molecule has 0 atom stereocenters. The first-order chi connectivity index (χ1) is 6.18. The molecule has 1 amide bonds. The number of amides is 1. The maximum absolute atomic E-state index is 11.1. The molecule has 0 spiro atoms. The van der Waals surface area contributed by atoms with Crippen LogP contribution in [0, 0.1) is 5.92 Å². The Hall–Kier alpha value is -1.58. The minimum Gasteiger partial charge on any atom is -0.363 e. The average Bonchev–Trinajstić information content (AvgIpc) is 2.53. The van der Waals surface area contributed by atoms with E-state index in [4.69, 9.17) is 0 Å². The highest BCUT2D eigenvalue weighted by Crippen LogP contribution is 2.01. The summed E-state index contributed by atoms with van der Waals surface area (Å²) >= 11 is 0. The molecule has 0 radical (unpaired) electrons. The summed E-state index contributed by atoms with van der Waals surface area (Å²) in [6.07, 6.45) is 4.70. The van der Waals surface area contributed by atoms with Gasteiger partial charge in [-0.05, 0) is 12.0 Å². The topological polar surface area (TPSA) is 55.1 Å². The summed E-state index contributed by atoms with van der Waals surface area (Å²) in [6.45, 7) is 4.00. The highest BCUT2D eigenvalue weighted by Gasteiger charge is 1.99. The van der Waals surface area contributed by atoms with Crippen LogP contribution in [0.5, 0.6) is 0 Å². The van der Waals surface area contributed by atoms with Crippen LogP contribution in [0.2, 0.25) is 0 Å². The summed E-state index contributed by atoms with van der Waals surface area (Å²) in [5.41, 5.74) is 0. The van der Waals surface area contributed by atoms with E-state index in [1.165, 1.54) is 12.3 Å². The molecule has 1 rings (SSSR count). The summed E-state index contributed by atoms with van der Waals surface area (Å²) in [5.74, 6) is 0.601. The number of carbonyl (C=O) groups is 1. The number of hydrogen-bond acceptors (Lipinski definition) is 3. The molecule has 0 saturated carbocycles. The molecule has 1 N–H and O–H groups in total. The van der Waals surface area contributed by atoms with E-state index >= 15 is 0 Å². The van der Waals surface area contributed by atoms with Crippen LogP contribution in [0.15, 0.2) is 29.0 Å². The number of rotatable bonds is 3. The smallest absolute Gasteiger partial charge is 0.249 e. The SMILES string of the molecule is CC(C)/C=C/C(=O)Nc1ccon1. The van der Waals surface area contributed by atoms with Crippen LogP contribution in [-0.2, 0) is 4.79 Å².